The highest BCUT2D eigenvalue weighted by Crippen LogP contribution is 2.07. The van der Waals surface area contributed by atoms with Gasteiger partial charge in [-0.1, -0.05) is 23.4 Å². The number of carbonyl (C=O) groups excluding carboxylic acids is 1. The largest absolute Gasteiger partial charge is 0.411 e. The van der Waals surface area contributed by atoms with Crippen molar-refractivity contribution in [2.45, 2.75) is 13.8 Å². The number of hydrogen-bond acceptors (Lipinski definition) is 3. The van der Waals surface area contributed by atoms with Crippen LogP contribution in [0.5, 0.6) is 0 Å². The highest BCUT2D eigenvalue weighted by Gasteiger charge is 1.98. The monoisotopic (exact) mass is 291 g/mol. The Kier molecular flexibility index (Phi) is 6.20. The zero-order chi connectivity index (χ0) is 15.8. The second kappa shape index (κ2) is 7.89. The first-order valence-corrected chi connectivity index (χ1v) is 6.13. The fourth-order valence-corrected chi connectivity index (χ4v) is 1.53. The third kappa shape index (κ3) is 5.14. The van der Waals surface area contributed by atoms with Crippen molar-refractivity contribution in [3.8, 4) is 0 Å². The lowest BCUT2D eigenvalue weighted by Gasteiger charge is -1.95. The van der Waals surface area contributed by atoms with E-state index in [4.69, 9.17) is 5.21 Å². The van der Waals surface area contributed by atoms with Crippen molar-refractivity contribution < 1.29 is 18.8 Å². The molecule has 2 rings (SSSR count). The van der Waals surface area contributed by atoms with Crippen molar-refractivity contribution in [1.29, 1.82) is 0 Å². The molecule has 0 aliphatic heterocycles. The van der Waals surface area contributed by atoms with Gasteiger partial charge in [0.05, 0.1) is 11.8 Å². The number of rotatable bonds is 2. The highest BCUT2D eigenvalue weighted by molar-refractivity contribution is 5.79. The molecule has 0 saturated carbocycles. The summed E-state index contributed by atoms with van der Waals surface area (Å²) < 4.78 is 25.5. The number of aldehydes is 1. The fraction of sp³-hybridized carbons (Fsp3) is 0.125. The Morgan fingerprint density at radius 3 is 1.81 bits per heavy atom. The van der Waals surface area contributed by atoms with Crippen LogP contribution in [0.15, 0.2) is 41.6 Å². The molecule has 0 radical (unpaired) electrons. The zero-order valence-electron chi connectivity index (χ0n) is 11.7. The van der Waals surface area contributed by atoms with Gasteiger partial charge in [0, 0.05) is 5.56 Å². The van der Waals surface area contributed by atoms with E-state index in [0.29, 0.717) is 6.29 Å². The Balaban J connectivity index is 0.000000211. The predicted molar refractivity (Wildman–Crippen MR) is 77.0 cm³/mol. The number of aryl methyl sites for hydroxylation is 2. The maximum Gasteiger partial charge on any atom is 0.152 e. The summed E-state index contributed by atoms with van der Waals surface area (Å²) in [6.45, 7) is 3.57. The van der Waals surface area contributed by atoms with Crippen LogP contribution < -0.4 is 0 Å². The van der Waals surface area contributed by atoms with Gasteiger partial charge in [-0.05, 0) is 43.2 Å². The molecule has 0 bridgehead atoms. The van der Waals surface area contributed by atoms with Crippen LogP contribution in [0.4, 0.5) is 8.78 Å². The van der Waals surface area contributed by atoms with Crippen molar-refractivity contribution in [2.75, 3.05) is 0 Å². The third-order valence-corrected chi connectivity index (χ3v) is 2.64. The molecule has 110 valence electrons. The number of hydrogen-bond donors (Lipinski definition) is 1. The number of carbonyl (C=O) groups is 1. The summed E-state index contributed by atoms with van der Waals surface area (Å²) in [5.41, 5.74) is 2.07. The molecule has 2 aromatic carbocycles. The molecule has 3 nitrogen and oxygen atoms in total. The molecule has 0 aliphatic carbocycles. The minimum Gasteiger partial charge on any atom is -0.411 e. The molecule has 0 saturated heterocycles. The summed E-state index contributed by atoms with van der Waals surface area (Å²) in [6, 6.07) is 9.20. The van der Waals surface area contributed by atoms with Crippen molar-refractivity contribution in [1.82, 2.24) is 0 Å². The van der Waals surface area contributed by atoms with Gasteiger partial charge in [0.2, 0.25) is 0 Å². The van der Waals surface area contributed by atoms with Gasteiger partial charge in [-0.15, -0.1) is 0 Å². The van der Waals surface area contributed by atoms with Crippen LogP contribution in [0, 0.1) is 25.5 Å². The first-order chi connectivity index (χ1) is 9.97. The van der Waals surface area contributed by atoms with Crippen LogP contribution in [0.25, 0.3) is 0 Å². The molecular weight excluding hydrogens is 276 g/mol. The Bertz CT molecular complexity index is 655. The molecule has 0 heterocycles. The predicted octanol–water partition coefficient (Wildman–Crippen LogP) is 3.89. The first-order valence-electron chi connectivity index (χ1n) is 6.13. The van der Waals surface area contributed by atoms with Crippen molar-refractivity contribution in [3.63, 3.8) is 0 Å². The van der Waals surface area contributed by atoms with E-state index in [9.17, 15) is 13.6 Å². The Morgan fingerprint density at radius 1 is 0.952 bits per heavy atom. The van der Waals surface area contributed by atoms with Gasteiger partial charge >= 0.3 is 0 Å². The lowest BCUT2D eigenvalue weighted by molar-refractivity contribution is 0.112. The van der Waals surface area contributed by atoms with Crippen LogP contribution in [0.2, 0.25) is 0 Å². The molecular formula is C16H15F2NO2. The second-order valence-corrected chi connectivity index (χ2v) is 4.41. The maximum absolute atomic E-state index is 12.8. The van der Waals surface area contributed by atoms with Gasteiger partial charge in [-0.25, -0.2) is 8.78 Å². The molecule has 21 heavy (non-hydrogen) atoms. The molecule has 1 N–H and O–H groups in total. The first kappa shape index (κ1) is 16.5. The van der Waals surface area contributed by atoms with Gasteiger partial charge in [0.15, 0.2) is 6.29 Å². The summed E-state index contributed by atoms with van der Waals surface area (Å²) in [6.07, 6.45) is 1.57. The molecule has 5 heteroatoms. The summed E-state index contributed by atoms with van der Waals surface area (Å²) in [5, 5.41) is 10.8. The van der Waals surface area contributed by atoms with Crippen LogP contribution in [-0.4, -0.2) is 17.7 Å². The van der Waals surface area contributed by atoms with Gasteiger partial charge in [-0.3, -0.25) is 4.79 Å². The molecule has 0 spiro atoms. The smallest absolute Gasteiger partial charge is 0.152 e. The van der Waals surface area contributed by atoms with Gasteiger partial charge < -0.3 is 5.21 Å². The normalized spacial score (nSPS) is 10.1. The third-order valence-electron chi connectivity index (χ3n) is 2.64. The van der Waals surface area contributed by atoms with E-state index < -0.39 is 5.82 Å². The Labute approximate surface area is 121 Å². The summed E-state index contributed by atoms with van der Waals surface area (Å²) >= 11 is 0. The number of benzene rings is 2. The summed E-state index contributed by atoms with van der Waals surface area (Å²) in [4.78, 5) is 10.1. The van der Waals surface area contributed by atoms with Crippen molar-refractivity contribution >= 4 is 12.5 Å². The molecule has 0 unspecified atom stereocenters. The van der Waals surface area contributed by atoms with Gasteiger partial charge in [0.25, 0.3) is 0 Å². The number of halogens is 2. The van der Waals surface area contributed by atoms with E-state index >= 15 is 0 Å². The lowest BCUT2D eigenvalue weighted by atomic mass is 10.1. The molecule has 0 amide bonds. The van der Waals surface area contributed by atoms with Crippen molar-refractivity contribution in [2.24, 2.45) is 5.16 Å². The minimum atomic E-state index is -0.449. The number of nitrogens with zero attached hydrogens (tertiary/aromatic N) is 1. The molecule has 0 fully saturated rings. The molecule has 0 aliphatic rings. The number of oxime groups is 1. The second-order valence-electron chi connectivity index (χ2n) is 4.41. The van der Waals surface area contributed by atoms with Crippen LogP contribution in [-0.2, 0) is 0 Å². The zero-order valence-corrected chi connectivity index (χ0v) is 11.7. The van der Waals surface area contributed by atoms with Crippen LogP contribution in [0.1, 0.15) is 27.0 Å². The Hall–Kier alpha value is -2.56. The average molecular weight is 291 g/mol. The quantitative estimate of drug-likeness (QED) is 0.395. The standard InChI is InChI=1S/C8H8FNO.C8H7FO/c1-6-2-3-7(5-10-11)8(9)4-6;1-6-2-3-7(5-10)8(9)4-6/h2-5,11H,1H3;2-5H,1H3/b10-5-;. The van der Waals surface area contributed by atoms with Gasteiger partial charge in [-0.2, -0.15) is 0 Å². The maximum atomic E-state index is 12.8. The average Bonchev–Trinajstić information content (AvgIpc) is 2.43. The van der Waals surface area contributed by atoms with E-state index in [1.807, 2.05) is 0 Å². The van der Waals surface area contributed by atoms with Crippen molar-refractivity contribution in [3.05, 3.63) is 70.3 Å². The SMILES string of the molecule is Cc1ccc(/C=N\O)c(F)c1.Cc1ccc(C=O)c(F)c1. The van der Waals surface area contributed by atoms with E-state index in [1.165, 1.54) is 18.2 Å². The van der Waals surface area contributed by atoms with Crippen LogP contribution in [0.3, 0.4) is 0 Å². The van der Waals surface area contributed by atoms with E-state index in [1.54, 1.807) is 32.0 Å². The topological polar surface area (TPSA) is 49.7 Å². The Morgan fingerprint density at radius 2 is 1.43 bits per heavy atom. The van der Waals surface area contributed by atoms with E-state index in [2.05, 4.69) is 5.16 Å². The van der Waals surface area contributed by atoms with Gasteiger partial charge in [0.1, 0.15) is 11.6 Å². The molecule has 0 atom stereocenters. The molecule has 2 aromatic rings. The van der Waals surface area contributed by atoms with E-state index in [0.717, 1.165) is 17.3 Å². The fourth-order valence-electron chi connectivity index (χ4n) is 1.53. The van der Waals surface area contributed by atoms with Crippen LogP contribution >= 0.6 is 0 Å². The lowest BCUT2D eigenvalue weighted by Crippen LogP contribution is -1.88. The van der Waals surface area contributed by atoms with E-state index in [-0.39, 0.29) is 16.9 Å². The minimum absolute atomic E-state index is 0.116. The summed E-state index contributed by atoms with van der Waals surface area (Å²) in [7, 11) is 0. The summed E-state index contributed by atoms with van der Waals surface area (Å²) in [5.74, 6) is -0.821. The molecule has 0 aromatic heterocycles. The highest BCUT2D eigenvalue weighted by atomic mass is 19.1.